The molecule has 2 nitrogen and oxygen atoms in total. The number of fused-ring (bicyclic) bond motifs is 1. The summed E-state index contributed by atoms with van der Waals surface area (Å²) in [6.07, 6.45) is 0. The Bertz CT molecular complexity index is 632. The minimum Gasteiger partial charge on any atom is -0.334 e. The first-order valence-corrected chi connectivity index (χ1v) is 6.40. The van der Waals surface area contributed by atoms with E-state index in [0.29, 0.717) is 10.7 Å². The lowest BCUT2D eigenvalue weighted by molar-refractivity contribution is 0.101. The van der Waals surface area contributed by atoms with Crippen LogP contribution in [0.4, 0.5) is 0 Å². The lowest BCUT2D eigenvalue weighted by atomic mass is 9.86. The van der Waals surface area contributed by atoms with Crippen LogP contribution >= 0.6 is 11.6 Å². The van der Waals surface area contributed by atoms with E-state index >= 15 is 0 Å². The highest BCUT2D eigenvalue weighted by atomic mass is 35.5. The van der Waals surface area contributed by atoms with Gasteiger partial charge in [0.1, 0.15) is 5.15 Å². The van der Waals surface area contributed by atoms with Crippen molar-refractivity contribution in [2.75, 3.05) is 0 Å². The van der Waals surface area contributed by atoms with Crippen molar-refractivity contribution < 1.29 is 4.79 Å². The van der Waals surface area contributed by atoms with Crippen LogP contribution < -0.4 is 0 Å². The number of ketones is 1. The number of Topliss-reactive ketones (excluding diaryl/α,β-unsaturated/α-hetero) is 1. The lowest BCUT2D eigenvalue weighted by Crippen LogP contribution is -2.10. The Balaban J connectivity index is 2.84. The topological polar surface area (TPSA) is 22.0 Å². The summed E-state index contributed by atoms with van der Waals surface area (Å²) in [5.74, 6) is 0.0108. The van der Waals surface area contributed by atoms with Gasteiger partial charge in [0.2, 0.25) is 0 Å². The number of rotatable bonds is 1. The molecule has 0 saturated carbocycles. The van der Waals surface area contributed by atoms with Gasteiger partial charge in [0, 0.05) is 18.0 Å². The monoisotopic (exact) mass is 263 g/mol. The molecule has 96 valence electrons. The second-order valence-corrected chi connectivity index (χ2v) is 6.12. The standard InChI is InChI=1S/C15H18ClNO/c1-9(18)13-11-8-10(15(2,3)4)6-7-12(11)17(5)14(13)16/h6-8H,1-5H3. The second-order valence-electron chi connectivity index (χ2n) is 5.76. The summed E-state index contributed by atoms with van der Waals surface area (Å²) in [5, 5.41) is 1.46. The van der Waals surface area contributed by atoms with Gasteiger partial charge in [0.15, 0.2) is 5.78 Å². The number of hydrogen-bond donors (Lipinski definition) is 0. The predicted molar refractivity (Wildman–Crippen MR) is 76.6 cm³/mol. The van der Waals surface area contributed by atoms with Crippen LogP contribution in [-0.4, -0.2) is 10.4 Å². The first-order chi connectivity index (χ1) is 8.23. The van der Waals surface area contributed by atoms with Gasteiger partial charge >= 0.3 is 0 Å². The molecule has 0 N–H and O–H groups in total. The highest BCUT2D eigenvalue weighted by molar-refractivity contribution is 6.35. The molecule has 1 heterocycles. The van der Waals surface area contributed by atoms with Crippen molar-refractivity contribution in [2.45, 2.75) is 33.1 Å². The van der Waals surface area contributed by atoms with Crippen LogP contribution in [0.1, 0.15) is 43.6 Å². The Kier molecular flexibility index (Phi) is 3.02. The molecule has 0 spiro atoms. The van der Waals surface area contributed by atoms with E-state index < -0.39 is 0 Å². The maximum absolute atomic E-state index is 11.8. The third kappa shape index (κ3) is 1.95. The fourth-order valence-electron chi connectivity index (χ4n) is 2.21. The van der Waals surface area contributed by atoms with Crippen LogP contribution in [-0.2, 0) is 12.5 Å². The average Bonchev–Trinajstić information content (AvgIpc) is 2.50. The van der Waals surface area contributed by atoms with Crippen LogP contribution in [0.3, 0.4) is 0 Å². The summed E-state index contributed by atoms with van der Waals surface area (Å²) in [7, 11) is 1.88. The van der Waals surface area contributed by atoms with Gasteiger partial charge in [-0.05, 0) is 30.0 Å². The highest BCUT2D eigenvalue weighted by Crippen LogP contribution is 2.33. The van der Waals surface area contributed by atoms with Crippen LogP contribution in [0.15, 0.2) is 18.2 Å². The molecule has 0 aliphatic carbocycles. The number of benzene rings is 1. The van der Waals surface area contributed by atoms with Gasteiger partial charge in [-0.15, -0.1) is 0 Å². The maximum Gasteiger partial charge on any atom is 0.163 e. The van der Waals surface area contributed by atoms with Crippen LogP contribution in [0.25, 0.3) is 10.9 Å². The van der Waals surface area contributed by atoms with Crippen molar-refractivity contribution in [2.24, 2.45) is 7.05 Å². The Morgan fingerprint density at radius 2 is 1.89 bits per heavy atom. The molecule has 0 fully saturated rings. The molecule has 0 atom stereocenters. The predicted octanol–water partition coefficient (Wildman–Crippen LogP) is 4.33. The van der Waals surface area contributed by atoms with Crippen molar-refractivity contribution >= 4 is 28.3 Å². The molecule has 0 bridgehead atoms. The smallest absolute Gasteiger partial charge is 0.163 e. The third-order valence-electron chi connectivity index (χ3n) is 3.35. The van der Waals surface area contributed by atoms with Gasteiger partial charge in [-0.3, -0.25) is 4.79 Å². The van der Waals surface area contributed by atoms with Gasteiger partial charge in [-0.2, -0.15) is 0 Å². The molecular formula is C15H18ClNO. The molecule has 0 aliphatic heterocycles. The normalized spacial score (nSPS) is 12.1. The molecule has 0 unspecified atom stereocenters. The Labute approximate surface area is 113 Å². The van der Waals surface area contributed by atoms with E-state index in [2.05, 4.69) is 32.9 Å². The lowest BCUT2D eigenvalue weighted by Gasteiger charge is -2.19. The van der Waals surface area contributed by atoms with Gasteiger partial charge in [-0.25, -0.2) is 0 Å². The minimum absolute atomic E-state index is 0.0108. The number of hydrogen-bond acceptors (Lipinski definition) is 1. The molecule has 0 amide bonds. The zero-order chi connectivity index (χ0) is 13.7. The SMILES string of the molecule is CC(=O)c1c(Cl)n(C)c2ccc(C(C)(C)C)cc12. The molecular weight excluding hydrogens is 246 g/mol. The fourth-order valence-corrected chi connectivity index (χ4v) is 2.54. The summed E-state index contributed by atoms with van der Waals surface area (Å²) in [4.78, 5) is 11.8. The summed E-state index contributed by atoms with van der Waals surface area (Å²) in [6.45, 7) is 8.04. The van der Waals surface area contributed by atoms with Crippen molar-refractivity contribution in [3.05, 3.63) is 34.5 Å². The number of aromatic nitrogens is 1. The van der Waals surface area contributed by atoms with Gasteiger partial charge < -0.3 is 4.57 Å². The number of nitrogens with zero attached hydrogens (tertiary/aromatic N) is 1. The van der Waals surface area contributed by atoms with E-state index in [9.17, 15) is 4.79 Å². The average molecular weight is 264 g/mol. The van der Waals surface area contributed by atoms with Crippen molar-refractivity contribution in [1.29, 1.82) is 0 Å². The summed E-state index contributed by atoms with van der Waals surface area (Å²) < 4.78 is 1.86. The van der Waals surface area contributed by atoms with Crippen LogP contribution in [0.2, 0.25) is 5.15 Å². The minimum atomic E-state index is 0.0108. The largest absolute Gasteiger partial charge is 0.334 e. The van der Waals surface area contributed by atoms with Gasteiger partial charge in [0.25, 0.3) is 0 Å². The van der Waals surface area contributed by atoms with Crippen molar-refractivity contribution in [3.8, 4) is 0 Å². The van der Waals surface area contributed by atoms with Gasteiger partial charge in [-0.1, -0.05) is 38.4 Å². The van der Waals surface area contributed by atoms with Crippen molar-refractivity contribution in [3.63, 3.8) is 0 Å². The first kappa shape index (κ1) is 13.2. The van der Waals surface area contributed by atoms with E-state index in [4.69, 9.17) is 11.6 Å². The summed E-state index contributed by atoms with van der Waals surface area (Å²) >= 11 is 6.24. The maximum atomic E-state index is 11.8. The van der Waals surface area contributed by atoms with Crippen LogP contribution in [0, 0.1) is 0 Å². The van der Waals surface area contributed by atoms with E-state index in [-0.39, 0.29) is 11.2 Å². The Morgan fingerprint density at radius 1 is 1.28 bits per heavy atom. The second kappa shape index (κ2) is 4.13. The molecule has 2 aromatic rings. The molecule has 1 aromatic carbocycles. The highest BCUT2D eigenvalue weighted by Gasteiger charge is 2.20. The molecule has 0 aliphatic rings. The Hall–Kier alpha value is -1.28. The Morgan fingerprint density at radius 3 is 2.39 bits per heavy atom. The van der Waals surface area contributed by atoms with E-state index in [1.165, 1.54) is 5.56 Å². The van der Waals surface area contributed by atoms with E-state index in [0.717, 1.165) is 10.9 Å². The number of carbonyl (C=O) groups excluding carboxylic acids is 1. The molecule has 0 saturated heterocycles. The zero-order valence-corrected chi connectivity index (χ0v) is 12.2. The molecule has 18 heavy (non-hydrogen) atoms. The third-order valence-corrected chi connectivity index (χ3v) is 3.79. The van der Waals surface area contributed by atoms with E-state index in [1.807, 2.05) is 17.7 Å². The zero-order valence-electron chi connectivity index (χ0n) is 11.5. The summed E-state index contributed by atoms with van der Waals surface area (Å²) in [5.41, 5.74) is 2.89. The molecule has 0 radical (unpaired) electrons. The summed E-state index contributed by atoms with van der Waals surface area (Å²) in [6, 6.07) is 6.22. The first-order valence-electron chi connectivity index (χ1n) is 6.03. The molecule has 2 rings (SSSR count). The molecule has 3 heteroatoms. The number of aryl methyl sites for hydroxylation is 1. The van der Waals surface area contributed by atoms with Gasteiger partial charge in [0.05, 0.1) is 5.56 Å². The number of carbonyl (C=O) groups is 1. The van der Waals surface area contributed by atoms with Crippen molar-refractivity contribution in [1.82, 2.24) is 4.57 Å². The molecule has 1 aromatic heterocycles. The number of halogens is 1. The van der Waals surface area contributed by atoms with E-state index in [1.54, 1.807) is 6.92 Å². The fraction of sp³-hybridized carbons (Fsp3) is 0.400. The quantitative estimate of drug-likeness (QED) is 0.702. The van der Waals surface area contributed by atoms with Crippen LogP contribution in [0.5, 0.6) is 0 Å².